The zero-order valence-electron chi connectivity index (χ0n) is 16.6. The number of nitrogens with zero attached hydrogens (tertiary/aromatic N) is 4. The molecule has 1 fully saturated rings. The van der Waals surface area contributed by atoms with Crippen molar-refractivity contribution in [2.75, 3.05) is 26.2 Å². The number of hydrogen-bond acceptors (Lipinski definition) is 4. The second-order valence-corrected chi connectivity index (χ2v) is 7.20. The van der Waals surface area contributed by atoms with Crippen molar-refractivity contribution in [1.82, 2.24) is 24.9 Å². The second-order valence-electron chi connectivity index (χ2n) is 7.20. The zero-order chi connectivity index (χ0) is 20.3. The van der Waals surface area contributed by atoms with Crippen LogP contribution in [0.15, 0.2) is 24.3 Å². The molecule has 1 aromatic carbocycles. The standard InChI is InChI=1S/C20H27N5O3/c1-14-18(15(2)23(3)22-14)13-24-7-9-25(10-8-24)20(28)21-12-16-5-4-6-17(11-16)19(26)27/h4-6,11H,7-10,12-13H2,1-3H3,(H,21,28)(H,26,27). The van der Waals surface area contributed by atoms with Gasteiger partial charge in [0.05, 0.1) is 11.3 Å². The number of amides is 2. The third kappa shape index (κ3) is 4.51. The van der Waals surface area contributed by atoms with Gasteiger partial charge in [0.25, 0.3) is 0 Å². The van der Waals surface area contributed by atoms with Gasteiger partial charge in [-0.2, -0.15) is 5.10 Å². The van der Waals surface area contributed by atoms with E-state index in [4.69, 9.17) is 5.11 Å². The van der Waals surface area contributed by atoms with Crippen molar-refractivity contribution >= 4 is 12.0 Å². The summed E-state index contributed by atoms with van der Waals surface area (Å²) in [6, 6.07) is 6.50. The molecule has 28 heavy (non-hydrogen) atoms. The summed E-state index contributed by atoms with van der Waals surface area (Å²) < 4.78 is 1.91. The van der Waals surface area contributed by atoms with Crippen molar-refractivity contribution in [2.24, 2.45) is 7.05 Å². The van der Waals surface area contributed by atoms with Crippen LogP contribution >= 0.6 is 0 Å². The molecule has 8 heteroatoms. The maximum atomic E-state index is 12.4. The van der Waals surface area contributed by atoms with Crippen molar-refractivity contribution in [1.29, 1.82) is 0 Å². The van der Waals surface area contributed by atoms with E-state index in [2.05, 4.69) is 22.2 Å². The molecule has 2 heterocycles. The largest absolute Gasteiger partial charge is 0.478 e. The summed E-state index contributed by atoms with van der Waals surface area (Å²) in [6.07, 6.45) is 0. The molecule has 3 rings (SSSR count). The molecule has 1 aliphatic rings. The Morgan fingerprint density at radius 2 is 1.89 bits per heavy atom. The first kappa shape index (κ1) is 19.9. The lowest BCUT2D eigenvalue weighted by Gasteiger charge is -2.34. The van der Waals surface area contributed by atoms with E-state index in [-0.39, 0.29) is 11.6 Å². The van der Waals surface area contributed by atoms with Crippen molar-refractivity contribution in [2.45, 2.75) is 26.9 Å². The van der Waals surface area contributed by atoms with Crippen LogP contribution in [-0.4, -0.2) is 62.9 Å². The molecule has 0 bridgehead atoms. The SMILES string of the molecule is Cc1nn(C)c(C)c1CN1CCN(C(=O)NCc2cccc(C(=O)O)c2)CC1. The number of hydrogen-bond donors (Lipinski definition) is 2. The minimum absolute atomic E-state index is 0.117. The predicted molar refractivity (Wildman–Crippen MR) is 105 cm³/mol. The van der Waals surface area contributed by atoms with E-state index in [0.29, 0.717) is 19.6 Å². The summed E-state index contributed by atoms with van der Waals surface area (Å²) >= 11 is 0. The molecule has 0 spiro atoms. The Balaban J connectivity index is 1.48. The first-order valence-corrected chi connectivity index (χ1v) is 9.41. The lowest BCUT2D eigenvalue weighted by atomic mass is 10.1. The number of aryl methyl sites for hydroxylation is 2. The highest BCUT2D eigenvalue weighted by Gasteiger charge is 2.22. The predicted octanol–water partition coefficient (Wildman–Crippen LogP) is 1.76. The number of aromatic carboxylic acids is 1. The van der Waals surface area contributed by atoms with Crippen LogP contribution in [0.3, 0.4) is 0 Å². The Kier molecular flexibility index (Phi) is 5.99. The van der Waals surface area contributed by atoms with Crippen LogP contribution in [0.1, 0.15) is 32.9 Å². The number of carbonyl (C=O) groups excluding carboxylic acids is 1. The van der Waals surface area contributed by atoms with E-state index in [1.54, 1.807) is 23.1 Å². The summed E-state index contributed by atoms with van der Waals surface area (Å²) in [5, 5.41) is 16.4. The molecule has 0 atom stereocenters. The van der Waals surface area contributed by atoms with E-state index < -0.39 is 5.97 Å². The van der Waals surface area contributed by atoms with E-state index >= 15 is 0 Å². The van der Waals surface area contributed by atoms with E-state index in [1.807, 2.05) is 24.7 Å². The van der Waals surface area contributed by atoms with Crippen molar-refractivity contribution in [3.8, 4) is 0 Å². The summed E-state index contributed by atoms with van der Waals surface area (Å²) in [5.41, 5.74) is 4.50. The van der Waals surface area contributed by atoms with Gasteiger partial charge in [0.15, 0.2) is 0 Å². The number of aromatic nitrogens is 2. The number of benzene rings is 1. The molecule has 2 aromatic rings. The fourth-order valence-corrected chi connectivity index (χ4v) is 3.48. The number of carboxylic acid groups (broad SMARTS) is 1. The molecular formula is C20H27N5O3. The topological polar surface area (TPSA) is 90.7 Å². The summed E-state index contributed by atoms with van der Waals surface area (Å²) in [6.45, 7) is 8.24. The Morgan fingerprint density at radius 3 is 2.50 bits per heavy atom. The molecular weight excluding hydrogens is 358 g/mol. The number of nitrogens with one attached hydrogen (secondary N) is 1. The third-order valence-corrected chi connectivity index (χ3v) is 5.32. The second kappa shape index (κ2) is 8.43. The van der Waals surface area contributed by atoms with Crippen LogP contribution in [0.25, 0.3) is 0 Å². The summed E-state index contributed by atoms with van der Waals surface area (Å²) in [5.74, 6) is -0.969. The van der Waals surface area contributed by atoms with Gasteiger partial charge in [0.2, 0.25) is 0 Å². The first-order chi connectivity index (χ1) is 13.3. The van der Waals surface area contributed by atoms with Crippen LogP contribution < -0.4 is 5.32 Å². The summed E-state index contributed by atoms with van der Waals surface area (Å²) in [4.78, 5) is 27.6. The van der Waals surface area contributed by atoms with Gasteiger partial charge in [-0.3, -0.25) is 9.58 Å². The molecule has 1 aromatic heterocycles. The normalized spacial score (nSPS) is 14.9. The average molecular weight is 385 g/mol. The van der Waals surface area contributed by atoms with Gasteiger partial charge < -0.3 is 15.3 Å². The number of carbonyl (C=O) groups is 2. The van der Waals surface area contributed by atoms with Crippen molar-refractivity contribution in [3.63, 3.8) is 0 Å². The Labute approximate surface area is 164 Å². The van der Waals surface area contributed by atoms with Crippen LogP contribution in [0.5, 0.6) is 0 Å². The minimum atomic E-state index is -0.969. The van der Waals surface area contributed by atoms with Gasteiger partial charge in [-0.15, -0.1) is 0 Å². The highest BCUT2D eigenvalue weighted by atomic mass is 16.4. The smallest absolute Gasteiger partial charge is 0.335 e. The maximum absolute atomic E-state index is 12.4. The molecule has 150 valence electrons. The molecule has 0 saturated carbocycles. The Bertz CT molecular complexity index is 869. The average Bonchev–Trinajstić information content (AvgIpc) is 2.93. The lowest BCUT2D eigenvalue weighted by Crippen LogP contribution is -2.51. The molecule has 1 aliphatic heterocycles. The highest BCUT2D eigenvalue weighted by Crippen LogP contribution is 2.16. The lowest BCUT2D eigenvalue weighted by molar-refractivity contribution is 0.0696. The van der Waals surface area contributed by atoms with Crippen LogP contribution in [0, 0.1) is 13.8 Å². The molecule has 0 unspecified atom stereocenters. The maximum Gasteiger partial charge on any atom is 0.335 e. The number of piperazine rings is 1. The molecule has 2 N–H and O–H groups in total. The van der Waals surface area contributed by atoms with Gasteiger partial charge in [0, 0.05) is 57.6 Å². The minimum Gasteiger partial charge on any atom is -0.478 e. The van der Waals surface area contributed by atoms with Crippen LogP contribution in [0.4, 0.5) is 4.79 Å². The van der Waals surface area contributed by atoms with E-state index in [9.17, 15) is 9.59 Å². The Morgan fingerprint density at radius 1 is 1.18 bits per heavy atom. The van der Waals surface area contributed by atoms with Crippen LogP contribution in [0.2, 0.25) is 0 Å². The monoisotopic (exact) mass is 385 g/mol. The first-order valence-electron chi connectivity index (χ1n) is 9.41. The third-order valence-electron chi connectivity index (χ3n) is 5.32. The fourth-order valence-electron chi connectivity index (χ4n) is 3.48. The fraction of sp³-hybridized carbons (Fsp3) is 0.450. The van der Waals surface area contributed by atoms with Crippen molar-refractivity contribution < 1.29 is 14.7 Å². The molecule has 8 nitrogen and oxygen atoms in total. The molecule has 2 amide bonds. The number of carboxylic acids is 1. The molecule has 0 aliphatic carbocycles. The van der Waals surface area contributed by atoms with E-state index in [0.717, 1.165) is 30.9 Å². The number of urea groups is 1. The van der Waals surface area contributed by atoms with Crippen LogP contribution in [-0.2, 0) is 20.1 Å². The highest BCUT2D eigenvalue weighted by molar-refractivity contribution is 5.87. The van der Waals surface area contributed by atoms with Gasteiger partial charge in [-0.25, -0.2) is 9.59 Å². The molecule has 1 saturated heterocycles. The summed E-state index contributed by atoms with van der Waals surface area (Å²) in [7, 11) is 1.96. The van der Waals surface area contributed by atoms with Crippen molar-refractivity contribution in [3.05, 3.63) is 52.3 Å². The van der Waals surface area contributed by atoms with E-state index in [1.165, 1.54) is 11.3 Å². The Hall–Kier alpha value is -2.87. The number of rotatable bonds is 5. The van der Waals surface area contributed by atoms with Gasteiger partial charge in [-0.1, -0.05) is 12.1 Å². The van der Waals surface area contributed by atoms with Gasteiger partial charge in [-0.05, 0) is 31.5 Å². The van der Waals surface area contributed by atoms with Gasteiger partial charge >= 0.3 is 12.0 Å². The quantitative estimate of drug-likeness (QED) is 0.819. The zero-order valence-corrected chi connectivity index (χ0v) is 16.6. The van der Waals surface area contributed by atoms with Gasteiger partial charge in [0.1, 0.15) is 0 Å². The molecule has 0 radical (unpaired) electrons.